The van der Waals surface area contributed by atoms with Crippen LogP contribution < -0.4 is 15.1 Å². The molecule has 0 radical (unpaired) electrons. The first kappa shape index (κ1) is 24.7. The zero-order chi connectivity index (χ0) is 26.8. The van der Waals surface area contributed by atoms with Crippen LogP contribution in [0.25, 0.3) is 16.6 Å². The SMILES string of the molecule is Cc1cc(N2CCN(c3ccc(NC(=O)Cc4c(-c5ccccc5)cc5ccccn45)cc3)CC2)cc(C)n1. The van der Waals surface area contributed by atoms with Crippen molar-refractivity contribution in [2.45, 2.75) is 20.3 Å². The van der Waals surface area contributed by atoms with Crippen LogP contribution in [0.5, 0.6) is 0 Å². The summed E-state index contributed by atoms with van der Waals surface area (Å²) in [5.74, 6) is -0.0275. The van der Waals surface area contributed by atoms with Crippen molar-refractivity contribution in [2.75, 3.05) is 41.3 Å². The summed E-state index contributed by atoms with van der Waals surface area (Å²) in [4.78, 5) is 22.5. The van der Waals surface area contributed by atoms with Crippen LogP contribution in [0.15, 0.2) is 97.2 Å². The molecule has 6 nitrogen and oxygen atoms in total. The molecule has 39 heavy (non-hydrogen) atoms. The van der Waals surface area contributed by atoms with Crippen molar-refractivity contribution in [2.24, 2.45) is 0 Å². The number of pyridine rings is 2. The standard InChI is InChI=1S/C33H33N5O/c1-24-20-30(21-25(2)34-24)37-18-16-36(17-19-37)28-13-11-27(12-14-28)35-33(39)23-32-31(26-8-4-3-5-9-26)22-29-10-6-7-15-38(29)32/h3-15,20-22H,16-19,23H2,1-2H3,(H,35,39). The van der Waals surface area contributed by atoms with E-state index in [9.17, 15) is 4.79 Å². The van der Waals surface area contributed by atoms with E-state index in [0.29, 0.717) is 6.42 Å². The molecule has 1 amide bonds. The fourth-order valence-electron chi connectivity index (χ4n) is 5.56. The topological polar surface area (TPSA) is 52.9 Å². The molecule has 0 bridgehead atoms. The van der Waals surface area contributed by atoms with E-state index in [2.05, 4.69) is 86.9 Å². The molecule has 0 aliphatic carbocycles. The minimum Gasteiger partial charge on any atom is -0.368 e. The Labute approximate surface area is 229 Å². The van der Waals surface area contributed by atoms with E-state index in [1.165, 1.54) is 11.4 Å². The molecule has 1 aliphatic rings. The third-order valence-electron chi connectivity index (χ3n) is 7.43. The predicted octanol–water partition coefficient (Wildman–Crippen LogP) is 6.13. The smallest absolute Gasteiger partial charge is 0.230 e. The third-order valence-corrected chi connectivity index (χ3v) is 7.43. The van der Waals surface area contributed by atoms with Gasteiger partial charge in [-0.05, 0) is 74.0 Å². The first-order valence-corrected chi connectivity index (χ1v) is 13.5. The van der Waals surface area contributed by atoms with Gasteiger partial charge in [0.05, 0.1) is 6.42 Å². The maximum atomic E-state index is 13.2. The Morgan fingerprint density at radius 1 is 0.769 bits per heavy atom. The molecular weight excluding hydrogens is 482 g/mol. The number of carbonyl (C=O) groups is 1. The van der Waals surface area contributed by atoms with Crippen molar-refractivity contribution in [1.82, 2.24) is 9.38 Å². The number of nitrogens with zero attached hydrogens (tertiary/aromatic N) is 4. The lowest BCUT2D eigenvalue weighted by atomic mass is 10.0. The molecule has 0 atom stereocenters. The molecule has 6 rings (SSSR count). The number of fused-ring (bicyclic) bond motifs is 1. The second kappa shape index (κ2) is 10.7. The first-order valence-electron chi connectivity index (χ1n) is 13.5. The number of hydrogen-bond acceptors (Lipinski definition) is 4. The van der Waals surface area contributed by atoms with Crippen molar-refractivity contribution in [1.29, 1.82) is 0 Å². The van der Waals surface area contributed by atoms with Crippen LogP contribution in [-0.2, 0) is 11.2 Å². The molecular formula is C33H33N5O. The van der Waals surface area contributed by atoms with Gasteiger partial charge >= 0.3 is 0 Å². The van der Waals surface area contributed by atoms with Crippen molar-refractivity contribution in [3.63, 3.8) is 0 Å². The van der Waals surface area contributed by atoms with Crippen LogP contribution in [0.1, 0.15) is 17.1 Å². The quantitative estimate of drug-likeness (QED) is 0.296. The lowest BCUT2D eigenvalue weighted by Gasteiger charge is -2.37. The number of aromatic nitrogens is 2. The number of hydrogen-bond donors (Lipinski definition) is 1. The van der Waals surface area contributed by atoms with Gasteiger partial charge in [-0.2, -0.15) is 0 Å². The van der Waals surface area contributed by atoms with Gasteiger partial charge in [-0.1, -0.05) is 36.4 Å². The highest BCUT2D eigenvalue weighted by Crippen LogP contribution is 2.29. The summed E-state index contributed by atoms with van der Waals surface area (Å²) < 4.78 is 2.11. The van der Waals surface area contributed by atoms with Gasteiger partial charge < -0.3 is 19.5 Å². The molecule has 1 N–H and O–H groups in total. The molecule has 5 aromatic rings. The number of aryl methyl sites for hydroxylation is 2. The highest BCUT2D eigenvalue weighted by atomic mass is 16.1. The second-order valence-electron chi connectivity index (χ2n) is 10.2. The summed E-state index contributed by atoms with van der Waals surface area (Å²) in [6.07, 6.45) is 2.32. The Morgan fingerprint density at radius 3 is 2.10 bits per heavy atom. The number of anilines is 3. The van der Waals surface area contributed by atoms with Crippen LogP contribution in [-0.4, -0.2) is 41.5 Å². The largest absolute Gasteiger partial charge is 0.368 e. The van der Waals surface area contributed by atoms with Gasteiger partial charge in [0.25, 0.3) is 0 Å². The number of carbonyl (C=O) groups excluding carboxylic acids is 1. The Morgan fingerprint density at radius 2 is 1.41 bits per heavy atom. The molecule has 6 heteroatoms. The molecule has 3 aromatic heterocycles. The molecule has 1 aliphatic heterocycles. The molecule has 1 fully saturated rings. The van der Waals surface area contributed by atoms with Crippen LogP contribution in [0.4, 0.5) is 17.1 Å². The minimum atomic E-state index is -0.0275. The van der Waals surface area contributed by atoms with Crippen molar-refractivity contribution >= 4 is 28.5 Å². The van der Waals surface area contributed by atoms with Gasteiger partial charge in [-0.25, -0.2) is 0 Å². The van der Waals surface area contributed by atoms with Crippen LogP contribution in [0.2, 0.25) is 0 Å². The monoisotopic (exact) mass is 515 g/mol. The Bertz CT molecular complexity index is 1580. The van der Waals surface area contributed by atoms with Crippen molar-refractivity contribution in [3.8, 4) is 11.1 Å². The van der Waals surface area contributed by atoms with Gasteiger partial charge in [-0.15, -0.1) is 0 Å². The normalized spacial score (nSPS) is 13.6. The van der Waals surface area contributed by atoms with E-state index >= 15 is 0 Å². The van der Waals surface area contributed by atoms with E-state index < -0.39 is 0 Å². The van der Waals surface area contributed by atoms with Gasteiger partial charge in [0.1, 0.15) is 0 Å². The maximum absolute atomic E-state index is 13.2. The van der Waals surface area contributed by atoms with E-state index in [0.717, 1.165) is 65.6 Å². The summed E-state index contributed by atoms with van der Waals surface area (Å²) in [6, 6.07) is 31.1. The Hall–Kier alpha value is -4.58. The average molecular weight is 516 g/mol. The number of rotatable bonds is 6. The second-order valence-corrected chi connectivity index (χ2v) is 10.2. The summed E-state index contributed by atoms with van der Waals surface area (Å²) in [7, 11) is 0. The van der Waals surface area contributed by atoms with Crippen LogP contribution in [0.3, 0.4) is 0 Å². The van der Waals surface area contributed by atoms with Gasteiger partial charge in [0.15, 0.2) is 0 Å². The third kappa shape index (κ3) is 5.36. The minimum absolute atomic E-state index is 0.0275. The van der Waals surface area contributed by atoms with Crippen LogP contribution in [0, 0.1) is 13.8 Å². The molecule has 196 valence electrons. The summed E-state index contributed by atoms with van der Waals surface area (Å²) in [5.41, 5.74) is 9.64. The first-order chi connectivity index (χ1) is 19.0. The summed E-state index contributed by atoms with van der Waals surface area (Å²) in [6.45, 7) is 7.95. The van der Waals surface area contributed by atoms with Gasteiger partial charge in [-0.3, -0.25) is 9.78 Å². The molecule has 0 saturated carbocycles. The molecule has 4 heterocycles. The summed E-state index contributed by atoms with van der Waals surface area (Å²) >= 11 is 0. The fraction of sp³-hybridized carbons (Fsp3) is 0.212. The van der Waals surface area contributed by atoms with Crippen molar-refractivity contribution in [3.05, 3.63) is 114 Å². The number of amides is 1. The van der Waals surface area contributed by atoms with E-state index in [-0.39, 0.29) is 5.91 Å². The molecule has 0 spiro atoms. The average Bonchev–Trinajstić information content (AvgIpc) is 3.32. The maximum Gasteiger partial charge on any atom is 0.230 e. The number of benzene rings is 2. The lowest BCUT2D eigenvalue weighted by Crippen LogP contribution is -2.46. The Kier molecular flexibility index (Phi) is 6.76. The lowest BCUT2D eigenvalue weighted by molar-refractivity contribution is -0.115. The Balaban J connectivity index is 1.11. The highest BCUT2D eigenvalue weighted by Gasteiger charge is 2.19. The van der Waals surface area contributed by atoms with E-state index in [1.807, 2.05) is 48.7 Å². The molecule has 1 saturated heterocycles. The number of piperazine rings is 1. The zero-order valence-electron chi connectivity index (χ0n) is 22.5. The van der Waals surface area contributed by atoms with Gasteiger partial charge in [0, 0.05) is 77.6 Å². The fourth-order valence-corrected chi connectivity index (χ4v) is 5.56. The van der Waals surface area contributed by atoms with Gasteiger partial charge in [0.2, 0.25) is 5.91 Å². The predicted molar refractivity (Wildman–Crippen MR) is 160 cm³/mol. The molecule has 0 unspecified atom stereocenters. The van der Waals surface area contributed by atoms with Crippen LogP contribution >= 0.6 is 0 Å². The van der Waals surface area contributed by atoms with E-state index in [4.69, 9.17) is 0 Å². The van der Waals surface area contributed by atoms with E-state index in [1.54, 1.807) is 0 Å². The molecule has 2 aromatic carbocycles. The zero-order valence-corrected chi connectivity index (χ0v) is 22.5. The number of nitrogens with one attached hydrogen (secondary N) is 1. The van der Waals surface area contributed by atoms with Crippen molar-refractivity contribution < 1.29 is 4.79 Å². The highest BCUT2D eigenvalue weighted by molar-refractivity contribution is 5.94. The summed E-state index contributed by atoms with van der Waals surface area (Å²) in [5, 5.41) is 3.11.